The fraction of sp³-hybridized carbons (Fsp3) is 0.571. The normalized spacial score (nSPS) is 22.1. The molecule has 0 amide bonds. The second kappa shape index (κ2) is 4.86. The zero-order valence-corrected chi connectivity index (χ0v) is 12.3. The van der Waals surface area contributed by atoms with Crippen LogP contribution in [0, 0.1) is 0 Å². The quantitative estimate of drug-likeness (QED) is 0.937. The van der Waals surface area contributed by atoms with Crippen molar-refractivity contribution in [2.75, 3.05) is 11.4 Å². The minimum atomic E-state index is 0.315. The van der Waals surface area contributed by atoms with Gasteiger partial charge in [-0.05, 0) is 43.2 Å². The number of thiophene rings is 1. The average molecular weight is 290 g/mol. The van der Waals surface area contributed by atoms with Crippen LogP contribution in [0.2, 0.25) is 0 Å². The molecule has 2 aliphatic rings. The van der Waals surface area contributed by atoms with Gasteiger partial charge < -0.3 is 14.6 Å². The molecule has 1 N–H and O–H groups in total. The van der Waals surface area contributed by atoms with Crippen molar-refractivity contribution in [2.24, 2.45) is 0 Å². The Morgan fingerprint density at radius 3 is 3.20 bits per heavy atom. The van der Waals surface area contributed by atoms with Crippen molar-refractivity contribution in [3.8, 4) is 0 Å². The van der Waals surface area contributed by atoms with Gasteiger partial charge in [0.2, 0.25) is 5.89 Å². The van der Waals surface area contributed by atoms with Gasteiger partial charge in [0.1, 0.15) is 0 Å². The van der Waals surface area contributed by atoms with E-state index >= 15 is 0 Å². The lowest BCUT2D eigenvalue weighted by atomic mass is 10.0. The minimum Gasteiger partial charge on any atom is -0.407 e. The molecule has 0 bridgehead atoms. The Hall–Kier alpha value is -1.40. The molecule has 2 aromatic rings. The lowest BCUT2D eigenvalue weighted by Gasteiger charge is -2.31. The van der Waals surface area contributed by atoms with Gasteiger partial charge in [-0.1, -0.05) is 5.10 Å². The highest BCUT2D eigenvalue weighted by Crippen LogP contribution is 2.35. The largest absolute Gasteiger partial charge is 0.407 e. The van der Waals surface area contributed by atoms with Gasteiger partial charge in [0.15, 0.2) is 0 Å². The van der Waals surface area contributed by atoms with Crippen LogP contribution in [0.15, 0.2) is 15.9 Å². The summed E-state index contributed by atoms with van der Waals surface area (Å²) in [6.07, 6.45) is 3.60. The molecule has 0 radical (unpaired) electrons. The van der Waals surface area contributed by atoms with Crippen LogP contribution in [-0.2, 0) is 13.0 Å². The fourth-order valence-corrected chi connectivity index (χ4v) is 3.68. The van der Waals surface area contributed by atoms with E-state index in [4.69, 9.17) is 4.42 Å². The van der Waals surface area contributed by atoms with Crippen LogP contribution in [0.25, 0.3) is 0 Å². The van der Waals surface area contributed by atoms with Crippen LogP contribution in [0.1, 0.15) is 42.1 Å². The van der Waals surface area contributed by atoms with Crippen LogP contribution in [0.4, 0.5) is 6.01 Å². The van der Waals surface area contributed by atoms with E-state index < -0.39 is 0 Å². The molecule has 1 aliphatic heterocycles. The first-order valence-electron chi connectivity index (χ1n) is 7.20. The Balaban J connectivity index is 1.49. The van der Waals surface area contributed by atoms with E-state index in [9.17, 15) is 0 Å². The van der Waals surface area contributed by atoms with E-state index in [1.54, 1.807) is 0 Å². The number of nitrogens with one attached hydrogen (secondary N) is 1. The molecule has 4 rings (SSSR count). The molecule has 20 heavy (non-hydrogen) atoms. The second-order valence-electron chi connectivity index (χ2n) is 5.55. The van der Waals surface area contributed by atoms with Crippen molar-refractivity contribution in [1.29, 1.82) is 0 Å². The van der Waals surface area contributed by atoms with Gasteiger partial charge in [-0.2, -0.15) is 0 Å². The van der Waals surface area contributed by atoms with Crippen LogP contribution in [0.3, 0.4) is 0 Å². The van der Waals surface area contributed by atoms with Crippen molar-refractivity contribution in [3.05, 3.63) is 27.8 Å². The van der Waals surface area contributed by atoms with Crippen LogP contribution < -0.4 is 10.2 Å². The molecule has 1 aliphatic carbocycles. The van der Waals surface area contributed by atoms with Gasteiger partial charge in [0.05, 0.1) is 12.6 Å². The van der Waals surface area contributed by atoms with E-state index in [0.29, 0.717) is 30.5 Å². The first-order valence-corrected chi connectivity index (χ1v) is 8.08. The molecule has 1 fully saturated rings. The highest BCUT2D eigenvalue weighted by Gasteiger charge is 2.28. The average Bonchev–Trinajstić information content (AvgIpc) is 2.98. The van der Waals surface area contributed by atoms with E-state index in [2.05, 4.69) is 38.8 Å². The number of hydrogen-bond donors (Lipinski definition) is 1. The zero-order valence-electron chi connectivity index (χ0n) is 11.5. The molecule has 3 heterocycles. The van der Waals surface area contributed by atoms with E-state index in [1.807, 2.05) is 11.3 Å². The fourth-order valence-electron chi connectivity index (χ4n) is 2.72. The Kier molecular flexibility index (Phi) is 3.00. The number of anilines is 1. The first kappa shape index (κ1) is 12.3. The van der Waals surface area contributed by atoms with Gasteiger partial charge >= 0.3 is 6.01 Å². The maximum atomic E-state index is 5.81. The summed E-state index contributed by atoms with van der Waals surface area (Å²) < 4.78 is 5.81. The summed E-state index contributed by atoms with van der Waals surface area (Å²) in [7, 11) is 0. The minimum absolute atomic E-state index is 0.315. The summed E-state index contributed by atoms with van der Waals surface area (Å²) in [5, 5.41) is 13.9. The van der Waals surface area contributed by atoms with Crippen molar-refractivity contribution < 1.29 is 4.42 Å². The third-order valence-corrected chi connectivity index (χ3v) is 5.09. The lowest BCUT2D eigenvalue weighted by Crippen LogP contribution is -2.33. The van der Waals surface area contributed by atoms with Gasteiger partial charge in [0, 0.05) is 17.5 Å². The topological polar surface area (TPSA) is 54.2 Å². The monoisotopic (exact) mass is 290 g/mol. The third kappa shape index (κ3) is 2.23. The van der Waals surface area contributed by atoms with Crippen molar-refractivity contribution in [1.82, 2.24) is 15.5 Å². The molecule has 0 spiro atoms. The summed E-state index contributed by atoms with van der Waals surface area (Å²) in [5.41, 5.74) is 1.40. The first-order chi connectivity index (χ1) is 9.81. The molecule has 2 aromatic heterocycles. The highest BCUT2D eigenvalue weighted by molar-refractivity contribution is 7.10. The standard InChI is InChI=1S/C14H18N4OS/c1-9-11-5-7-20-12(11)4-6-18(9)14-17-16-13(19-14)8-15-10-2-3-10/h5,7,9-10,15H,2-4,6,8H2,1H3. The molecule has 1 saturated carbocycles. The van der Waals surface area contributed by atoms with Crippen molar-refractivity contribution >= 4 is 17.4 Å². The van der Waals surface area contributed by atoms with Gasteiger partial charge in [0.25, 0.3) is 0 Å². The highest BCUT2D eigenvalue weighted by atomic mass is 32.1. The molecule has 0 saturated heterocycles. The maximum Gasteiger partial charge on any atom is 0.318 e. The van der Waals surface area contributed by atoms with E-state index in [0.717, 1.165) is 13.0 Å². The predicted molar refractivity (Wildman–Crippen MR) is 77.9 cm³/mol. The number of hydrogen-bond acceptors (Lipinski definition) is 6. The number of fused-ring (bicyclic) bond motifs is 1. The lowest BCUT2D eigenvalue weighted by molar-refractivity contribution is 0.445. The van der Waals surface area contributed by atoms with E-state index in [1.165, 1.54) is 23.3 Å². The van der Waals surface area contributed by atoms with Crippen LogP contribution in [0.5, 0.6) is 0 Å². The maximum absolute atomic E-state index is 5.81. The van der Waals surface area contributed by atoms with Gasteiger partial charge in [-0.3, -0.25) is 0 Å². The van der Waals surface area contributed by atoms with Crippen molar-refractivity contribution in [3.63, 3.8) is 0 Å². The van der Waals surface area contributed by atoms with Crippen LogP contribution >= 0.6 is 11.3 Å². The van der Waals surface area contributed by atoms with Crippen LogP contribution in [-0.4, -0.2) is 22.8 Å². The van der Waals surface area contributed by atoms with Crippen molar-refractivity contribution in [2.45, 2.75) is 44.8 Å². The number of aromatic nitrogens is 2. The Morgan fingerprint density at radius 2 is 2.35 bits per heavy atom. The van der Waals surface area contributed by atoms with E-state index in [-0.39, 0.29) is 0 Å². The second-order valence-corrected chi connectivity index (χ2v) is 6.55. The SMILES string of the molecule is CC1c2ccsc2CCN1c1nnc(CNC2CC2)o1. The smallest absolute Gasteiger partial charge is 0.318 e. The number of nitrogens with zero attached hydrogens (tertiary/aromatic N) is 3. The van der Waals surface area contributed by atoms with Gasteiger partial charge in [-0.25, -0.2) is 0 Å². The molecule has 0 aromatic carbocycles. The third-order valence-electron chi connectivity index (χ3n) is 4.10. The molecular weight excluding hydrogens is 272 g/mol. The predicted octanol–water partition coefficient (Wildman–Crippen LogP) is 2.51. The summed E-state index contributed by atoms with van der Waals surface area (Å²) >= 11 is 1.85. The summed E-state index contributed by atoms with van der Waals surface area (Å²) in [6.45, 7) is 3.84. The van der Waals surface area contributed by atoms with Gasteiger partial charge in [-0.15, -0.1) is 16.4 Å². The number of rotatable bonds is 4. The Labute approximate surface area is 122 Å². The zero-order chi connectivity index (χ0) is 13.5. The molecule has 1 atom stereocenters. The summed E-state index contributed by atoms with van der Waals surface area (Å²) in [6, 6.07) is 3.84. The molecule has 1 unspecified atom stereocenters. The molecule has 6 heteroatoms. The molecule has 106 valence electrons. The Bertz CT molecular complexity index is 604. The molecular formula is C14H18N4OS. The summed E-state index contributed by atoms with van der Waals surface area (Å²) in [5.74, 6) is 0.690. The Morgan fingerprint density at radius 1 is 1.45 bits per heavy atom. The summed E-state index contributed by atoms with van der Waals surface area (Å²) in [4.78, 5) is 3.70. The molecule has 5 nitrogen and oxygen atoms in total.